The second kappa shape index (κ2) is 4.81. The number of nitrogens with two attached hydrogens (primary N) is 1. The Bertz CT molecular complexity index is 455. The van der Waals surface area contributed by atoms with Crippen LogP contribution < -0.4 is 5.73 Å². The Labute approximate surface area is 116 Å². The van der Waals surface area contributed by atoms with Crippen LogP contribution in [0.1, 0.15) is 20.8 Å². The molecule has 0 spiro atoms. The van der Waals surface area contributed by atoms with Gasteiger partial charge in [-0.05, 0) is 26.3 Å². The molecule has 0 aromatic carbocycles. The number of β-lactam (4-membered cyclic amide) rings is 1. The number of nitrogens with zero attached hydrogens (tertiary/aromatic N) is 1. The molecule has 7 heteroatoms. The lowest BCUT2D eigenvalue weighted by Crippen LogP contribution is -2.68. The number of hydrogen-bond acceptors (Lipinski definition) is 6. The monoisotopic (exact) mass is 286 g/mol. The van der Waals surface area contributed by atoms with Gasteiger partial charge in [-0.3, -0.25) is 9.69 Å². The number of carbonyl (C=O) groups is 2. The Kier molecular flexibility index (Phi) is 3.63. The molecule has 3 N–H and O–H groups in total. The highest BCUT2D eigenvalue weighted by Gasteiger charge is 2.52. The lowest BCUT2D eigenvalue weighted by Gasteiger charge is -2.48. The summed E-state index contributed by atoms with van der Waals surface area (Å²) in [4.78, 5) is 25.3. The number of esters is 1. The van der Waals surface area contributed by atoms with E-state index in [-0.39, 0.29) is 23.6 Å². The minimum Gasteiger partial charge on any atom is -0.455 e. The average Bonchev–Trinajstić information content (AvgIpc) is 2.33. The van der Waals surface area contributed by atoms with Crippen molar-refractivity contribution >= 4 is 23.6 Å². The minimum absolute atomic E-state index is 0.160. The fourth-order valence-electron chi connectivity index (χ4n) is 2.02. The van der Waals surface area contributed by atoms with Crippen LogP contribution in [0.4, 0.5) is 0 Å². The Hall–Kier alpha value is -1.05. The van der Waals surface area contributed by atoms with E-state index < -0.39 is 17.6 Å². The molecule has 106 valence electrons. The standard InChI is InChI=1S/C12H18N2O4S/c1-12(2,3)18-11(17)8-6(4-15)5-19-10-7(13)9(16)14(8)10/h7,10,15H,4-5,13H2,1-3H3/t7-,10-/m1/s1. The van der Waals surface area contributed by atoms with Gasteiger partial charge in [0.15, 0.2) is 0 Å². The molecule has 6 nitrogen and oxygen atoms in total. The van der Waals surface area contributed by atoms with E-state index in [9.17, 15) is 14.7 Å². The van der Waals surface area contributed by atoms with Gasteiger partial charge >= 0.3 is 5.97 Å². The molecule has 1 fully saturated rings. The van der Waals surface area contributed by atoms with Crippen LogP contribution in [0.25, 0.3) is 0 Å². The first-order chi connectivity index (χ1) is 8.76. The molecular formula is C12H18N2O4S. The van der Waals surface area contributed by atoms with Crippen LogP contribution in [-0.4, -0.2) is 51.3 Å². The van der Waals surface area contributed by atoms with E-state index in [2.05, 4.69) is 0 Å². The minimum atomic E-state index is -0.652. The zero-order chi connectivity index (χ0) is 14.4. The van der Waals surface area contributed by atoms with Gasteiger partial charge in [-0.25, -0.2) is 4.79 Å². The van der Waals surface area contributed by atoms with Gasteiger partial charge < -0.3 is 15.6 Å². The number of carbonyl (C=O) groups excluding carboxylic acids is 2. The molecule has 0 aliphatic carbocycles. The Morgan fingerprint density at radius 2 is 2.21 bits per heavy atom. The Balaban J connectivity index is 2.30. The lowest BCUT2D eigenvalue weighted by molar-refractivity contribution is -0.158. The van der Waals surface area contributed by atoms with Crippen molar-refractivity contribution in [3.63, 3.8) is 0 Å². The summed E-state index contributed by atoms with van der Waals surface area (Å²) in [7, 11) is 0. The molecule has 2 atom stereocenters. The number of rotatable bonds is 2. The number of ether oxygens (including phenoxy) is 1. The van der Waals surface area contributed by atoms with Gasteiger partial charge in [0.25, 0.3) is 0 Å². The summed E-state index contributed by atoms with van der Waals surface area (Å²) in [6.45, 7) is 4.99. The summed E-state index contributed by atoms with van der Waals surface area (Å²) in [5.74, 6) is -0.404. The molecule has 0 aromatic rings. The van der Waals surface area contributed by atoms with Crippen molar-refractivity contribution in [1.29, 1.82) is 0 Å². The second-order valence-electron chi connectivity index (χ2n) is 5.55. The van der Waals surface area contributed by atoms with Gasteiger partial charge in [-0.15, -0.1) is 11.8 Å². The van der Waals surface area contributed by atoms with E-state index in [1.165, 1.54) is 16.7 Å². The molecule has 2 heterocycles. The van der Waals surface area contributed by atoms with Crippen molar-refractivity contribution in [3.05, 3.63) is 11.3 Å². The third kappa shape index (κ3) is 2.50. The third-order valence-corrected chi connectivity index (χ3v) is 4.23. The number of aliphatic hydroxyl groups is 1. The summed E-state index contributed by atoms with van der Waals surface area (Å²) in [5, 5.41) is 9.11. The SMILES string of the molecule is CC(C)(C)OC(=O)C1=C(CO)CS[C@@H]2[C@H](N)C(=O)N12. The van der Waals surface area contributed by atoms with Gasteiger partial charge in [0.05, 0.1) is 6.61 Å². The predicted molar refractivity (Wildman–Crippen MR) is 71.0 cm³/mol. The van der Waals surface area contributed by atoms with Crippen LogP contribution in [0.3, 0.4) is 0 Å². The number of fused-ring (bicyclic) bond motifs is 1. The van der Waals surface area contributed by atoms with Crippen LogP contribution >= 0.6 is 11.8 Å². The van der Waals surface area contributed by atoms with E-state index in [1.807, 2.05) is 0 Å². The van der Waals surface area contributed by atoms with Gasteiger partial charge in [-0.1, -0.05) is 0 Å². The highest BCUT2D eigenvalue weighted by atomic mass is 32.2. The van der Waals surface area contributed by atoms with Crippen molar-refractivity contribution in [2.24, 2.45) is 5.73 Å². The third-order valence-electron chi connectivity index (χ3n) is 2.87. The first-order valence-electron chi connectivity index (χ1n) is 6.02. The normalized spacial score (nSPS) is 27.0. The maximum Gasteiger partial charge on any atom is 0.355 e. The molecule has 0 aromatic heterocycles. The average molecular weight is 286 g/mol. The van der Waals surface area contributed by atoms with Crippen LogP contribution in [-0.2, 0) is 14.3 Å². The van der Waals surface area contributed by atoms with Crippen molar-refractivity contribution < 1.29 is 19.4 Å². The molecule has 1 amide bonds. The first kappa shape index (κ1) is 14.4. The van der Waals surface area contributed by atoms with E-state index in [1.54, 1.807) is 20.8 Å². The van der Waals surface area contributed by atoms with Crippen molar-refractivity contribution in [1.82, 2.24) is 4.90 Å². The summed E-state index contributed by atoms with van der Waals surface area (Å²) < 4.78 is 5.29. The molecular weight excluding hydrogens is 268 g/mol. The van der Waals surface area contributed by atoms with E-state index >= 15 is 0 Å². The molecule has 2 rings (SSSR count). The number of thioether (sulfide) groups is 1. The molecule has 19 heavy (non-hydrogen) atoms. The summed E-state index contributed by atoms with van der Waals surface area (Å²) in [5.41, 5.74) is 5.72. The molecule has 0 radical (unpaired) electrons. The van der Waals surface area contributed by atoms with Crippen LogP contribution in [0.5, 0.6) is 0 Å². The van der Waals surface area contributed by atoms with E-state index in [0.29, 0.717) is 11.3 Å². The van der Waals surface area contributed by atoms with E-state index in [0.717, 1.165) is 0 Å². The highest BCUT2D eigenvalue weighted by molar-refractivity contribution is 8.00. The molecule has 0 bridgehead atoms. The molecule has 2 aliphatic heterocycles. The van der Waals surface area contributed by atoms with Gasteiger partial charge in [0.2, 0.25) is 5.91 Å². The highest BCUT2D eigenvalue weighted by Crippen LogP contribution is 2.39. The number of aliphatic hydroxyl groups excluding tert-OH is 1. The maximum absolute atomic E-state index is 12.2. The Morgan fingerprint density at radius 1 is 1.58 bits per heavy atom. The number of amides is 1. The fourth-order valence-corrected chi connectivity index (χ4v) is 3.30. The summed E-state index contributed by atoms with van der Waals surface area (Å²) in [6, 6.07) is -0.581. The second-order valence-corrected chi connectivity index (χ2v) is 6.65. The maximum atomic E-state index is 12.2. The van der Waals surface area contributed by atoms with E-state index in [4.69, 9.17) is 10.5 Å². The van der Waals surface area contributed by atoms with Crippen LogP contribution in [0.2, 0.25) is 0 Å². The molecule has 2 aliphatic rings. The molecule has 1 saturated heterocycles. The summed E-state index contributed by atoms with van der Waals surface area (Å²) >= 11 is 1.45. The van der Waals surface area contributed by atoms with Crippen molar-refractivity contribution in [2.45, 2.75) is 37.8 Å². The zero-order valence-electron chi connectivity index (χ0n) is 11.2. The Morgan fingerprint density at radius 3 is 2.74 bits per heavy atom. The zero-order valence-corrected chi connectivity index (χ0v) is 12.0. The molecule has 0 unspecified atom stereocenters. The summed E-state index contributed by atoms with van der Waals surface area (Å²) in [6.07, 6.45) is 0. The fraction of sp³-hybridized carbons (Fsp3) is 0.667. The van der Waals surface area contributed by atoms with Crippen molar-refractivity contribution in [3.8, 4) is 0 Å². The predicted octanol–water partition coefficient (Wildman–Crippen LogP) is -0.183. The van der Waals surface area contributed by atoms with Gasteiger partial charge in [0, 0.05) is 5.75 Å². The molecule has 0 saturated carbocycles. The van der Waals surface area contributed by atoms with Gasteiger partial charge in [-0.2, -0.15) is 0 Å². The smallest absolute Gasteiger partial charge is 0.355 e. The quantitative estimate of drug-likeness (QED) is 0.540. The van der Waals surface area contributed by atoms with Crippen LogP contribution in [0, 0.1) is 0 Å². The van der Waals surface area contributed by atoms with Crippen LogP contribution in [0.15, 0.2) is 11.3 Å². The lowest BCUT2D eigenvalue weighted by atomic mass is 10.0. The van der Waals surface area contributed by atoms with Gasteiger partial charge in [0.1, 0.15) is 22.7 Å². The first-order valence-corrected chi connectivity index (χ1v) is 7.07. The topological polar surface area (TPSA) is 92.9 Å². The van der Waals surface area contributed by atoms with Crippen molar-refractivity contribution in [2.75, 3.05) is 12.4 Å². The number of hydrogen-bond donors (Lipinski definition) is 2. The largest absolute Gasteiger partial charge is 0.455 e.